The molecule has 0 saturated heterocycles. The molecule has 6 heterocycles. The number of nitrogens with zero attached hydrogens (tertiary/aromatic N) is 7. The molecule has 7 heteroatoms. The Bertz CT molecular complexity index is 8810. The summed E-state index contributed by atoms with van der Waals surface area (Å²) in [5, 5.41) is 14.9. The van der Waals surface area contributed by atoms with Gasteiger partial charge in [-0.05, 0) is 235 Å². The van der Waals surface area contributed by atoms with Crippen molar-refractivity contribution in [3.63, 3.8) is 0 Å². The van der Waals surface area contributed by atoms with Gasteiger partial charge in [-0.2, -0.15) is 0 Å². The minimum absolute atomic E-state index is 0.129. The Hall–Kier alpha value is -17.0. The maximum Gasteiger partial charge on any atom is 0.0547 e. The molecule has 612 valence electrons. The lowest BCUT2D eigenvalue weighted by atomic mass is 9.84. The van der Waals surface area contributed by atoms with Gasteiger partial charge in [-0.25, -0.2) is 0 Å². The zero-order valence-corrected chi connectivity index (χ0v) is 71.7. The molecule has 0 amide bonds. The highest BCUT2D eigenvalue weighted by Crippen LogP contribution is 2.49. The Morgan fingerprint density at radius 1 is 0.162 bits per heavy atom. The molecule has 0 fully saturated rings. The Morgan fingerprint density at radius 3 is 0.715 bits per heavy atom. The van der Waals surface area contributed by atoms with Crippen molar-refractivity contribution in [3.05, 3.63) is 501 Å². The van der Waals surface area contributed by atoms with Crippen LogP contribution in [0.4, 0.5) is 17.1 Å². The van der Waals surface area contributed by atoms with Crippen molar-refractivity contribution in [2.24, 2.45) is 0 Å². The lowest BCUT2D eigenvalue weighted by Crippen LogP contribution is -2.09. The first-order valence-corrected chi connectivity index (χ1v) is 44.9. The average Bonchev–Trinajstić information content (AvgIpc) is 1.56. The molecule has 26 aromatic rings. The Morgan fingerprint density at radius 2 is 0.385 bits per heavy atom. The summed E-state index contributed by atoms with van der Waals surface area (Å²) in [4.78, 5) is 2.31. The number of fused-ring (bicyclic) bond motifs is 18. The second-order valence-electron chi connectivity index (χ2n) is 34.4. The third-order valence-corrected chi connectivity index (χ3v) is 26.9. The topological polar surface area (TPSA) is 32.8 Å². The molecule has 20 aromatic carbocycles. The predicted molar refractivity (Wildman–Crippen MR) is 548 cm³/mol. The highest BCUT2D eigenvalue weighted by molar-refractivity contribution is 6.25. The van der Waals surface area contributed by atoms with Crippen LogP contribution in [0.2, 0.25) is 0 Å². The number of aryl methyl sites for hydroxylation is 2. The quantitative estimate of drug-likeness (QED) is 0.0999. The van der Waals surface area contributed by atoms with Crippen LogP contribution in [0.3, 0.4) is 0 Å². The van der Waals surface area contributed by atoms with Crippen LogP contribution in [0.25, 0.3) is 187 Å². The summed E-state index contributed by atoms with van der Waals surface area (Å²) in [5.41, 5.74) is 35.8. The Kier molecular flexibility index (Phi) is 18.0. The van der Waals surface area contributed by atoms with Crippen molar-refractivity contribution in [3.8, 4) is 56.4 Å². The smallest absolute Gasteiger partial charge is 0.0547 e. The van der Waals surface area contributed by atoms with E-state index in [1.54, 1.807) is 0 Å². The third-order valence-electron chi connectivity index (χ3n) is 26.9. The molecule has 0 aliphatic carbocycles. The summed E-state index contributed by atoms with van der Waals surface area (Å²) < 4.78 is 14.6. The van der Waals surface area contributed by atoms with Crippen LogP contribution < -0.4 is 4.90 Å². The average molecular weight is 1660 g/mol. The summed E-state index contributed by atoms with van der Waals surface area (Å²) in [7, 11) is 0. The second-order valence-corrected chi connectivity index (χ2v) is 34.4. The standard InChI is InChI=1S/C63H45N3.C60H40N4/c1-41-26-30-43(31-27-41)61(44-32-28-42(2)29-33-44)45-34-36-47(37-35-45)65-56-22-10-7-17-52(56)62-50(19-12-24-59(62)65)51-20-13-25-60-63(51)53-18-8-11-23-57(53)66(60)48-38-39-58-54(40-48)49-16-6-9-21-55(49)64(58)46-14-4-3-5-15-46;1-4-18-41(19-5-1)61(42-20-6-2-7-21-42)44-34-36-45(37-35-44)63-54-30-14-11-25-50(54)59-48(27-16-32-57(59)63)49-28-17-33-58-60(49)51-26-12-15-31-55(51)64(58)46-38-39-56-52(40-46)47-24-10-13-29-53(47)62(56)43-22-8-3-9-23-43/h3-40,61H,1-2H3;1-40H. The third kappa shape index (κ3) is 12.3. The number of hydrogen-bond acceptors (Lipinski definition) is 1. The molecular weight excluding hydrogens is 1580 g/mol. The Balaban J connectivity index is 0.000000140. The van der Waals surface area contributed by atoms with Crippen LogP contribution >= 0.6 is 0 Å². The summed E-state index contributed by atoms with van der Waals surface area (Å²) >= 11 is 0. The first kappa shape index (κ1) is 75.5. The summed E-state index contributed by atoms with van der Waals surface area (Å²) in [6.45, 7) is 4.31. The van der Waals surface area contributed by atoms with Gasteiger partial charge in [-0.1, -0.05) is 302 Å². The van der Waals surface area contributed by atoms with E-state index in [1.165, 1.54) is 181 Å². The maximum absolute atomic E-state index is 2.47. The monoisotopic (exact) mass is 1660 g/mol. The minimum atomic E-state index is 0.129. The second kappa shape index (κ2) is 31.0. The molecule has 0 N–H and O–H groups in total. The van der Waals surface area contributed by atoms with E-state index < -0.39 is 0 Å². The first-order valence-electron chi connectivity index (χ1n) is 44.9. The first-order chi connectivity index (χ1) is 64.4. The molecule has 0 unspecified atom stereocenters. The van der Waals surface area contributed by atoms with Gasteiger partial charge in [0, 0.05) is 122 Å². The number of para-hydroxylation sites is 10. The van der Waals surface area contributed by atoms with Crippen molar-refractivity contribution < 1.29 is 0 Å². The van der Waals surface area contributed by atoms with Crippen LogP contribution in [-0.2, 0) is 0 Å². The molecule has 0 spiro atoms. The normalized spacial score (nSPS) is 11.8. The summed E-state index contributed by atoms with van der Waals surface area (Å²) in [6, 6.07) is 173. The molecule has 130 heavy (non-hydrogen) atoms. The van der Waals surface area contributed by atoms with Crippen LogP contribution in [0.15, 0.2) is 473 Å². The minimum Gasteiger partial charge on any atom is -0.311 e. The van der Waals surface area contributed by atoms with Gasteiger partial charge in [0.05, 0.1) is 66.2 Å². The van der Waals surface area contributed by atoms with Gasteiger partial charge in [0.1, 0.15) is 0 Å². The van der Waals surface area contributed by atoms with Crippen molar-refractivity contribution in [2.45, 2.75) is 19.8 Å². The fourth-order valence-corrected chi connectivity index (χ4v) is 21.3. The lowest BCUT2D eigenvalue weighted by molar-refractivity contribution is 0.972. The number of hydrogen-bond donors (Lipinski definition) is 0. The van der Waals surface area contributed by atoms with Gasteiger partial charge in [0.15, 0.2) is 0 Å². The Labute approximate surface area is 752 Å². The molecule has 0 saturated carbocycles. The number of anilines is 3. The zero-order chi connectivity index (χ0) is 86.0. The van der Waals surface area contributed by atoms with E-state index >= 15 is 0 Å². The van der Waals surface area contributed by atoms with E-state index in [-0.39, 0.29) is 5.92 Å². The number of aromatic nitrogens is 6. The summed E-state index contributed by atoms with van der Waals surface area (Å²) in [6.07, 6.45) is 0. The van der Waals surface area contributed by atoms with E-state index in [9.17, 15) is 0 Å². The lowest BCUT2D eigenvalue weighted by Gasteiger charge is -2.25. The van der Waals surface area contributed by atoms with Gasteiger partial charge in [-0.15, -0.1) is 0 Å². The van der Waals surface area contributed by atoms with E-state index in [4.69, 9.17) is 0 Å². The predicted octanol–water partition coefficient (Wildman–Crippen LogP) is 32.6. The summed E-state index contributed by atoms with van der Waals surface area (Å²) in [5.74, 6) is 0.129. The fraction of sp³-hybridized carbons (Fsp3) is 0.0244. The molecule has 0 aliphatic heterocycles. The zero-order valence-electron chi connectivity index (χ0n) is 71.7. The molecule has 0 atom stereocenters. The molecule has 0 bridgehead atoms. The number of benzene rings is 20. The van der Waals surface area contributed by atoms with Gasteiger partial charge >= 0.3 is 0 Å². The highest BCUT2D eigenvalue weighted by Gasteiger charge is 2.27. The van der Waals surface area contributed by atoms with Crippen LogP contribution in [-0.4, -0.2) is 27.4 Å². The van der Waals surface area contributed by atoms with Crippen molar-refractivity contribution >= 4 is 148 Å². The van der Waals surface area contributed by atoms with Crippen molar-refractivity contribution in [1.82, 2.24) is 27.4 Å². The maximum atomic E-state index is 2.47. The molecule has 6 aromatic heterocycles. The highest BCUT2D eigenvalue weighted by atomic mass is 15.1. The van der Waals surface area contributed by atoms with Crippen molar-refractivity contribution in [2.75, 3.05) is 4.90 Å². The molecule has 26 rings (SSSR count). The largest absolute Gasteiger partial charge is 0.311 e. The molecule has 0 aliphatic rings. The van der Waals surface area contributed by atoms with E-state index in [0.717, 1.165) is 51.2 Å². The van der Waals surface area contributed by atoms with E-state index in [1.807, 2.05) is 0 Å². The van der Waals surface area contributed by atoms with Gasteiger partial charge in [-0.3, -0.25) is 0 Å². The van der Waals surface area contributed by atoms with Gasteiger partial charge in [0.2, 0.25) is 0 Å². The molecule has 0 radical (unpaired) electrons. The number of rotatable bonds is 14. The van der Waals surface area contributed by atoms with E-state index in [0.29, 0.717) is 0 Å². The SMILES string of the molecule is Cc1ccc(C(c2ccc(C)cc2)c2ccc(-n3c4ccccc4c4c(-c5cccc6c5c5ccccc5n6-c5ccc6c(c5)c5ccccc5n6-c5ccccc5)cccc43)cc2)cc1.c1ccc(N(c2ccccc2)c2ccc(-n3c4ccccc4c4c(-c5cccc6c5c5ccccc5n6-c5ccc6c(c5)c5ccccc5n6-c5ccccc5)cccc43)cc2)cc1. The molecular formula is C123H85N7. The fourth-order valence-electron chi connectivity index (χ4n) is 21.3. The molecule has 7 nitrogen and oxygen atoms in total. The van der Waals surface area contributed by atoms with Crippen LogP contribution in [0, 0.1) is 13.8 Å². The van der Waals surface area contributed by atoms with Gasteiger partial charge in [0.25, 0.3) is 0 Å². The van der Waals surface area contributed by atoms with Crippen LogP contribution in [0.5, 0.6) is 0 Å². The van der Waals surface area contributed by atoms with E-state index in [2.05, 4.69) is 519 Å². The van der Waals surface area contributed by atoms with Crippen LogP contribution in [0.1, 0.15) is 33.7 Å². The van der Waals surface area contributed by atoms with Gasteiger partial charge < -0.3 is 32.3 Å². The van der Waals surface area contributed by atoms with Crippen molar-refractivity contribution in [1.29, 1.82) is 0 Å².